The average Bonchev–Trinajstić information content (AvgIpc) is 2.72. The van der Waals surface area contributed by atoms with E-state index in [9.17, 15) is 0 Å². The number of benzene rings is 1. The molecule has 0 fully saturated rings. The molecular formula is C13H10N2S. The lowest BCUT2D eigenvalue weighted by Crippen LogP contribution is -1.86. The smallest absolute Gasteiger partial charge is 0.0982 e. The number of aromatic nitrogens is 2. The standard InChI is InChI=1S/C13H10N2S/c1-2-4-12-11(3-1)15-13(16-12)9-10-5-7-14-8-6-10/h1-8H,9H2. The van der Waals surface area contributed by atoms with Crippen molar-refractivity contribution in [2.75, 3.05) is 0 Å². The minimum Gasteiger partial charge on any atom is -0.265 e. The summed E-state index contributed by atoms with van der Waals surface area (Å²) in [7, 11) is 0. The fraction of sp³-hybridized carbons (Fsp3) is 0.0769. The van der Waals surface area contributed by atoms with Crippen LogP contribution in [0.4, 0.5) is 0 Å². The molecule has 3 rings (SSSR count). The fourth-order valence-electron chi connectivity index (χ4n) is 1.67. The van der Waals surface area contributed by atoms with Crippen LogP contribution in [0.1, 0.15) is 10.6 Å². The Morgan fingerprint density at radius 1 is 1.00 bits per heavy atom. The lowest BCUT2D eigenvalue weighted by Gasteiger charge is -1.94. The molecular weight excluding hydrogens is 216 g/mol. The topological polar surface area (TPSA) is 25.8 Å². The molecule has 0 saturated heterocycles. The van der Waals surface area contributed by atoms with Gasteiger partial charge < -0.3 is 0 Å². The zero-order valence-electron chi connectivity index (χ0n) is 8.63. The minimum atomic E-state index is 0.891. The fourth-order valence-corrected chi connectivity index (χ4v) is 2.67. The molecule has 78 valence electrons. The van der Waals surface area contributed by atoms with Gasteiger partial charge in [0.25, 0.3) is 0 Å². The Labute approximate surface area is 97.6 Å². The summed E-state index contributed by atoms with van der Waals surface area (Å²) < 4.78 is 1.26. The Bertz CT molecular complexity index is 568. The van der Waals surface area contributed by atoms with Gasteiger partial charge in [-0.15, -0.1) is 11.3 Å². The highest BCUT2D eigenvalue weighted by atomic mass is 32.1. The predicted octanol–water partition coefficient (Wildman–Crippen LogP) is 3.28. The molecule has 0 unspecified atom stereocenters. The Balaban J connectivity index is 1.95. The Morgan fingerprint density at radius 3 is 2.62 bits per heavy atom. The molecule has 3 aromatic rings. The highest BCUT2D eigenvalue weighted by molar-refractivity contribution is 7.18. The average molecular weight is 226 g/mol. The van der Waals surface area contributed by atoms with Crippen LogP contribution in [0.5, 0.6) is 0 Å². The maximum absolute atomic E-state index is 4.61. The van der Waals surface area contributed by atoms with Gasteiger partial charge >= 0.3 is 0 Å². The van der Waals surface area contributed by atoms with Gasteiger partial charge in [0.2, 0.25) is 0 Å². The first-order chi connectivity index (χ1) is 7.92. The van der Waals surface area contributed by atoms with Crippen molar-refractivity contribution in [3.05, 3.63) is 59.4 Å². The zero-order chi connectivity index (χ0) is 10.8. The van der Waals surface area contributed by atoms with Crippen LogP contribution in [0.25, 0.3) is 10.2 Å². The number of hydrogen-bond acceptors (Lipinski definition) is 3. The van der Waals surface area contributed by atoms with Crippen LogP contribution in [-0.2, 0) is 6.42 Å². The summed E-state index contributed by atoms with van der Waals surface area (Å²) in [5, 5.41) is 1.16. The van der Waals surface area contributed by atoms with Crippen LogP contribution >= 0.6 is 11.3 Å². The van der Waals surface area contributed by atoms with Crippen molar-refractivity contribution in [2.24, 2.45) is 0 Å². The maximum atomic E-state index is 4.61. The van der Waals surface area contributed by atoms with E-state index in [2.05, 4.69) is 28.2 Å². The number of rotatable bonds is 2. The summed E-state index contributed by atoms with van der Waals surface area (Å²) in [6.45, 7) is 0. The van der Waals surface area contributed by atoms with E-state index in [4.69, 9.17) is 0 Å². The number of para-hydroxylation sites is 1. The molecule has 2 aromatic heterocycles. The van der Waals surface area contributed by atoms with Gasteiger partial charge in [-0.1, -0.05) is 12.1 Å². The highest BCUT2D eigenvalue weighted by Gasteiger charge is 2.03. The normalized spacial score (nSPS) is 10.8. The molecule has 0 N–H and O–H groups in total. The quantitative estimate of drug-likeness (QED) is 0.670. The van der Waals surface area contributed by atoms with E-state index in [1.54, 1.807) is 11.3 Å². The molecule has 16 heavy (non-hydrogen) atoms. The highest BCUT2D eigenvalue weighted by Crippen LogP contribution is 2.23. The monoisotopic (exact) mass is 226 g/mol. The van der Waals surface area contributed by atoms with Crippen molar-refractivity contribution >= 4 is 21.6 Å². The number of thiazole rings is 1. The first-order valence-corrected chi connectivity index (χ1v) is 5.97. The van der Waals surface area contributed by atoms with Crippen LogP contribution in [-0.4, -0.2) is 9.97 Å². The number of fused-ring (bicyclic) bond motifs is 1. The Hall–Kier alpha value is -1.74. The molecule has 3 heteroatoms. The summed E-state index contributed by atoms with van der Waals surface area (Å²) in [4.78, 5) is 8.62. The van der Waals surface area contributed by atoms with Crippen molar-refractivity contribution in [1.29, 1.82) is 0 Å². The molecule has 0 spiro atoms. The predicted molar refractivity (Wildman–Crippen MR) is 66.7 cm³/mol. The SMILES string of the molecule is c1ccc2sc(Cc3ccncc3)nc2c1. The first-order valence-electron chi connectivity index (χ1n) is 5.15. The Kier molecular flexibility index (Phi) is 2.38. The van der Waals surface area contributed by atoms with Crippen molar-refractivity contribution in [1.82, 2.24) is 9.97 Å². The molecule has 0 aliphatic rings. The second-order valence-electron chi connectivity index (χ2n) is 3.61. The Morgan fingerprint density at radius 2 is 1.81 bits per heavy atom. The van der Waals surface area contributed by atoms with Gasteiger partial charge in [-0.05, 0) is 29.8 Å². The summed E-state index contributed by atoms with van der Waals surface area (Å²) >= 11 is 1.76. The van der Waals surface area contributed by atoms with E-state index in [1.807, 2.05) is 30.6 Å². The third-order valence-electron chi connectivity index (χ3n) is 2.44. The van der Waals surface area contributed by atoms with E-state index >= 15 is 0 Å². The van der Waals surface area contributed by atoms with E-state index in [0.29, 0.717) is 0 Å². The lowest BCUT2D eigenvalue weighted by molar-refractivity contribution is 1.13. The van der Waals surface area contributed by atoms with Gasteiger partial charge in [0, 0.05) is 18.8 Å². The molecule has 0 radical (unpaired) electrons. The first kappa shape index (κ1) is 9.48. The van der Waals surface area contributed by atoms with Gasteiger partial charge in [-0.25, -0.2) is 4.98 Å². The van der Waals surface area contributed by atoms with Gasteiger partial charge in [0.15, 0.2) is 0 Å². The molecule has 0 saturated carbocycles. The third kappa shape index (κ3) is 1.82. The van der Waals surface area contributed by atoms with E-state index in [1.165, 1.54) is 10.3 Å². The summed E-state index contributed by atoms with van der Waals surface area (Å²) in [6.07, 6.45) is 4.53. The van der Waals surface area contributed by atoms with Gasteiger partial charge in [-0.3, -0.25) is 4.98 Å². The molecule has 0 aliphatic heterocycles. The summed E-state index contributed by atoms with van der Waals surface area (Å²) in [6, 6.07) is 12.3. The third-order valence-corrected chi connectivity index (χ3v) is 3.48. The second-order valence-corrected chi connectivity index (χ2v) is 4.72. The molecule has 0 atom stereocenters. The van der Waals surface area contributed by atoms with Crippen molar-refractivity contribution < 1.29 is 0 Å². The molecule has 0 bridgehead atoms. The van der Waals surface area contributed by atoms with Crippen LogP contribution in [0, 0.1) is 0 Å². The van der Waals surface area contributed by atoms with E-state index in [-0.39, 0.29) is 0 Å². The van der Waals surface area contributed by atoms with Crippen molar-refractivity contribution in [2.45, 2.75) is 6.42 Å². The number of pyridine rings is 1. The number of hydrogen-bond donors (Lipinski definition) is 0. The minimum absolute atomic E-state index is 0.891. The summed E-state index contributed by atoms with van der Waals surface area (Å²) in [5.41, 5.74) is 2.35. The number of nitrogens with zero attached hydrogens (tertiary/aromatic N) is 2. The van der Waals surface area contributed by atoms with Gasteiger partial charge in [0.1, 0.15) is 0 Å². The van der Waals surface area contributed by atoms with Crippen LogP contribution in [0.3, 0.4) is 0 Å². The van der Waals surface area contributed by atoms with Crippen LogP contribution < -0.4 is 0 Å². The van der Waals surface area contributed by atoms with E-state index in [0.717, 1.165) is 16.9 Å². The van der Waals surface area contributed by atoms with Gasteiger partial charge in [-0.2, -0.15) is 0 Å². The zero-order valence-corrected chi connectivity index (χ0v) is 9.45. The largest absolute Gasteiger partial charge is 0.265 e. The molecule has 0 aliphatic carbocycles. The van der Waals surface area contributed by atoms with Crippen LogP contribution in [0.2, 0.25) is 0 Å². The van der Waals surface area contributed by atoms with Gasteiger partial charge in [0.05, 0.1) is 15.2 Å². The second kappa shape index (κ2) is 4.02. The summed E-state index contributed by atoms with van der Waals surface area (Å²) in [5.74, 6) is 0. The van der Waals surface area contributed by atoms with Crippen LogP contribution in [0.15, 0.2) is 48.8 Å². The maximum Gasteiger partial charge on any atom is 0.0982 e. The molecule has 1 aromatic carbocycles. The van der Waals surface area contributed by atoms with Crippen molar-refractivity contribution in [3.63, 3.8) is 0 Å². The molecule has 0 amide bonds. The van der Waals surface area contributed by atoms with Crippen molar-refractivity contribution in [3.8, 4) is 0 Å². The molecule has 2 nitrogen and oxygen atoms in total. The lowest BCUT2D eigenvalue weighted by atomic mass is 10.2. The molecule has 2 heterocycles. The van der Waals surface area contributed by atoms with E-state index < -0.39 is 0 Å².